The van der Waals surface area contributed by atoms with E-state index in [0.717, 1.165) is 11.5 Å². The molecule has 1 aliphatic heterocycles. The van der Waals surface area contributed by atoms with E-state index in [0.29, 0.717) is 16.9 Å². The molecular weight excluding hydrogens is 615 g/mol. The lowest BCUT2D eigenvalue weighted by Gasteiger charge is -2.32. The molecule has 4 aromatic rings. The molecule has 0 bridgehead atoms. The van der Waals surface area contributed by atoms with Gasteiger partial charge in [-0.3, -0.25) is 9.59 Å². The van der Waals surface area contributed by atoms with Crippen LogP contribution in [0.25, 0.3) is 10.8 Å². The Morgan fingerprint density at radius 1 is 1.13 bits per heavy atom. The van der Waals surface area contributed by atoms with Gasteiger partial charge in [0, 0.05) is 35.4 Å². The maximum absolute atomic E-state index is 15.9. The van der Waals surface area contributed by atoms with Crippen LogP contribution in [0.4, 0.5) is 15.9 Å². The molecule has 0 spiro atoms. The number of carboxylic acid groups (broad SMARTS) is 1. The molecule has 3 aromatic carbocycles. The van der Waals surface area contributed by atoms with E-state index in [1.54, 1.807) is 49.5 Å². The highest BCUT2D eigenvalue weighted by atomic mass is 32.2. The normalized spacial score (nSPS) is 17.1. The fraction of sp³-hybridized carbons (Fsp3) is 0.303. The van der Waals surface area contributed by atoms with E-state index >= 15 is 4.39 Å². The van der Waals surface area contributed by atoms with Crippen molar-refractivity contribution in [3.8, 4) is 11.5 Å². The molecule has 2 heterocycles. The summed E-state index contributed by atoms with van der Waals surface area (Å²) in [6.45, 7) is 3.48. The molecule has 11 nitrogen and oxygen atoms in total. The molecule has 5 rings (SSSR count). The second kappa shape index (κ2) is 13.2. The van der Waals surface area contributed by atoms with Gasteiger partial charge < -0.3 is 30.5 Å². The zero-order valence-electron chi connectivity index (χ0n) is 25.6. The van der Waals surface area contributed by atoms with Crippen LogP contribution in [0.2, 0.25) is 0 Å². The fourth-order valence-electron chi connectivity index (χ4n) is 5.94. The lowest BCUT2D eigenvalue weighted by atomic mass is 9.93. The molecule has 13 heteroatoms. The molecule has 3 unspecified atom stereocenters. The number of nitrogen functional groups attached to an aromatic ring is 1. The number of aromatic nitrogens is 1. The van der Waals surface area contributed by atoms with Crippen molar-refractivity contribution in [3.05, 3.63) is 83.8 Å². The van der Waals surface area contributed by atoms with Crippen molar-refractivity contribution in [1.29, 1.82) is 0 Å². The topological polar surface area (TPSA) is 161 Å². The number of nitrogens with one attached hydrogen (secondary N) is 1. The number of likely N-dealkylation sites (tertiary alicyclic amines) is 1. The molecule has 1 saturated heterocycles. The SMILES string of the molecule is CCOc1cc(C(Nc2ccc3c(N)nccc3c2)C(=O)N2CCC(C(=O)O)C2c2ccccc2S(=O)(=O)CC)c(F)cc1OC. The molecule has 0 aliphatic carbocycles. The molecule has 1 fully saturated rings. The van der Waals surface area contributed by atoms with Crippen LogP contribution in [0, 0.1) is 11.7 Å². The number of nitrogens with zero attached hydrogens (tertiary/aromatic N) is 2. The average molecular weight is 651 g/mol. The number of anilines is 2. The quantitative estimate of drug-likeness (QED) is 0.202. The van der Waals surface area contributed by atoms with Crippen LogP contribution >= 0.6 is 0 Å². The minimum absolute atomic E-state index is 0.00479. The van der Waals surface area contributed by atoms with Gasteiger partial charge in [-0.15, -0.1) is 0 Å². The van der Waals surface area contributed by atoms with Crippen LogP contribution < -0.4 is 20.5 Å². The van der Waals surface area contributed by atoms with Crippen molar-refractivity contribution >= 4 is 44.0 Å². The Bertz CT molecular complexity index is 1900. The van der Waals surface area contributed by atoms with Crippen molar-refractivity contribution in [2.75, 3.05) is 37.1 Å². The van der Waals surface area contributed by atoms with Gasteiger partial charge in [-0.05, 0) is 60.7 Å². The van der Waals surface area contributed by atoms with E-state index < -0.39 is 45.5 Å². The van der Waals surface area contributed by atoms with Gasteiger partial charge in [0.25, 0.3) is 0 Å². The summed E-state index contributed by atoms with van der Waals surface area (Å²) in [5.41, 5.74) is 6.59. The number of hydrogen-bond acceptors (Lipinski definition) is 9. The molecule has 1 aromatic heterocycles. The molecule has 4 N–H and O–H groups in total. The van der Waals surface area contributed by atoms with Crippen molar-refractivity contribution in [2.45, 2.75) is 37.2 Å². The van der Waals surface area contributed by atoms with E-state index in [1.165, 1.54) is 37.1 Å². The second-order valence-corrected chi connectivity index (χ2v) is 13.1. The van der Waals surface area contributed by atoms with E-state index in [4.69, 9.17) is 15.2 Å². The zero-order valence-corrected chi connectivity index (χ0v) is 26.4. The number of fused-ring (bicyclic) bond motifs is 1. The number of pyridine rings is 1. The number of ether oxygens (including phenoxy) is 2. The summed E-state index contributed by atoms with van der Waals surface area (Å²) in [4.78, 5) is 32.6. The van der Waals surface area contributed by atoms with Crippen LogP contribution in [0.15, 0.2) is 71.8 Å². The lowest BCUT2D eigenvalue weighted by Crippen LogP contribution is -2.40. The molecule has 0 saturated carbocycles. The van der Waals surface area contributed by atoms with E-state index in [2.05, 4.69) is 10.3 Å². The van der Waals surface area contributed by atoms with Crippen molar-refractivity contribution in [2.24, 2.45) is 5.92 Å². The van der Waals surface area contributed by atoms with Gasteiger partial charge in [0.2, 0.25) is 5.91 Å². The van der Waals surface area contributed by atoms with Crippen LogP contribution in [-0.4, -0.2) is 61.3 Å². The Hall–Kier alpha value is -4.91. The first-order valence-electron chi connectivity index (χ1n) is 14.8. The van der Waals surface area contributed by atoms with Gasteiger partial charge in [0.1, 0.15) is 17.7 Å². The highest BCUT2D eigenvalue weighted by Gasteiger charge is 2.46. The van der Waals surface area contributed by atoms with Crippen LogP contribution in [0.5, 0.6) is 11.5 Å². The molecular formula is C33H35FN4O7S. The first kappa shape index (κ1) is 32.5. The van der Waals surface area contributed by atoms with Gasteiger partial charge in [0.15, 0.2) is 21.3 Å². The molecule has 0 radical (unpaired) electrons. The fourth-order valence-corrected chi connectivity index (χ4v) is 7.09. The summed E-state index contributed by atoms with van der Waals surface area (Å²) in [6, 6.07) is 13.0. The predicted molar refractivity (Wildman–Crippen MR) is 171 cm³/mol. The molecule has 3 atom stereocenters. The smallest absolute Gasteiger partial charge is 0.309 e. The van der Waals surface area contributed by atoms with Crippen LogP contribution in [0.1, 0.15) is 43.5 Å². The Morgan fingerprint density at radius 2 is 1.89 bits per heavy atom. The van der Waals surface area contributed by atoms with Gasteiger partial charge in [-0.2, -0.15) is 0 Å². The average Bonchev–Trinajstić information content (AvgIpc) is 3.50. The van der Waals surface area contributed by atoms with Crippen molar-refractivity contribution in [3.63, 3.8) is 0 Å². The summed E-state index contributed by atoms with van der Waals surface area (Å²) in [6.07, 6.45) is 1.61. The van der Waals surface area contributed by atoms with Crippen LogP contribution in [0.3, 0.4) is 0 Å². The number of benzene rings is 3. The number of carbonyl (C=O) groups excluding carboxylic acids is 1. The van der Waals surface area contributed by atoms with Gasteiger partial charge in [-0.25, -0.2) is 17.8 Å². The number of carboxylic acids is 1. The maximum Gasteiger partial charge on any atom is 0.309 e. The standard InChI is InChI=1S/C33H35FN4O7S/c1-4-45-27-17-24(25(34)18-26(27)44-3)29(37-20-10-11-21-19(16-20)12-14-36-31(21)35)32(39)38-15-13-23(33(40)41)30(38)22-8-6-7-9-28(22)46(42,43)5-2/h6-12,14,16-18,23,29-30,37H,4-5,13,15H2,1-3H3,(H2,35,36)(H,40,41). The number of amides is 1. The molecule has 46 heavy (non-hydrogen) atoms. The Kier molecular flexibility index (Phi) is 9.33. The Labute approximate surface area is 266 Å². The third-order valence-electron chi connectivity index (χ3n) is 8.20. The van der Waals surface area contributed by atoms with Crippen LogP contribution in [-0.2, 0) is 19.4 Å². The molecule has 1 amide bonds. The third-order valence-corrected chi connectivity index (χ3v) is 10.00. The Morgan fingerprint density at radius 3 is 2.59 bits per heavy atom. The third kappa shape index (κ3) is 6.14. The maximum atomic E-state index is 15.9. The number of hydrogen-bond donors (Lipinski definition) is 3. The lowest BCUT2D eigenvalue weighted by molar-refractivity contribution is -0.143. The predicted octanol–water partition coefficient (Wildman–Crippen LogP) is 4.98. The summed E-state index contributed by atoms with van der Waals surface area (Å²) in [5, 5.41) is 14.7. The van der Waals surface area contributed by atoms with E-state index in [9.17, 15) is 23.1 Å². The minimum atomic E-state index is -3.79. The number of carbonyl (C=O) groups is 2. The number of sulfone groups is 1. The number of halogens is 1. The van der Waals surface area contributed by atoms with Crippen molar-refractivity contribution < 1.29 is 37.0 Å². The number of nitrogens with two attached hydrogens (primary N) is 1. The van der Waals surface area contributed by atoms with E-state index in [-0.39, 0.29) is 52.8 Å². The monoisotopic (exact) mass is 650 g/mol. The number of aliphatic carboxylic acids is 1. The number of rotatable bonds is 11. The number of methoxy groups -OCH3 is 1. The Balaban J connectivity index is 1.66. The molecule has 242 valence electrons. The second-order valence-electron chi connectivity index (χ2n) is 10.8. The summed E-state index contributed by atoms with van der Waals surface area (Å²) < 4.78 is 53.1. The van der Waals surface area contributed by atoms with Crippen molar-refractivity contribution in [1.82, 2.24) is 9.88 Å². The summed E-state index contributed by atoms with van der Waals surface area (Å²) in [5.74, 6) is -3.26. The largest absolute Gasteiger partial charge is 0.493 e. The summed E-state index contributed by atoms with van der Waals surface area (Å²) >= 11 is 0. The minimum Gasteiger partial charge on any atom is -0.493 e. The first-order chi connectivity index (χ1) is 22.0. The first-order valence-corrected chi connectivity index (χ1v) is 16.4. The highest BCUT2D eigenvalue weighted by molar-refractivity contribution is 7.91. The van der Waals surface area contributed by atoms with E-state index in [1.807, 2.05) is 0 Å². The van der Waals surface area contributed by atoms with Gasteiger partial charge in [-0.1, -0.05) is 25.1 Å². The van der Waals surface area contributed by atoms with Gasteiger partial charge >= 0.3 is 5.97 Å². The highest BCUT2D eigenvalue weighted by Crippen LogP contribution is 2.43. The summed E-state index contributed by atoms with van der Waals surface area (Å²) in [7, 11) is -2.42. The van der Waals surface area contributed by atoms with Gasteiger partial charge in [0.05, 0.1) is 36.3 Å². The zero-order chi connectivity index (χ0) is 33.2. The molecule has 1 aliphatic rings.